The van der Waals surface area contributed by atoms with E-state index >= 15 is 0 Å². The molecule has 19 heteroatoms. The summed E-state index contributed by atoms with van der Waals surface area (Å²) < 4.78 is 62.2. The van der Waals surface area contributed by atoms with Gasteiger partial charge in [-0.1, -0.05) is 61.0 Å². The summed E-state index contributed by atoms with van der Waals surface area (Å²) in [7, 11) is -0.417. The van der Waals surface area contributed by atoms with E-state index in [-0.39, 0.29) is 39.4 Å². The molecule has 3 aliphatic heterocycles. The molecule has 6 heterocycles. The van der Waals surface area contributed by atoms with Crippen molar-refractivity contribution in [2.45, 2.75) is 71.6 Å². The number of alkyl halides is 3. The van der Waals surface area contributed by atoms with Crippen LogP contribution in [0, 0.1) is 6.92 Å². The Labute approximate surface area is 360 Å². The van der Waals surface area contributed by atoms with E-state index in [1.807, 2.05) is 43.3 Å². The van der Waals surface area contributed by atoms with Crippen LogP contribution in [0.2, 0.25) is 5.02 Å². The molecule has 6 aromatic rings. The van der Waals surface area contributed by atoms with Gasteiger partial charge in [-0.3, -0.25) is 9.59 Å². The van der Waals surface area contributed by atoms with Crippen molar-refractivity contribution in [3.63, 3.8) is 0 Å². The van der Waals surface area contributed by atoms with Crippen LogP contribution >= 0.6 is 20.2 Å². The Morgan fingerprint density at radius 3 is 2.50 bits per heavy atom. The molecule has 0 radical (unpaired) electrons. The molecule has 0 spiro atoms. The molecule has 0 bridgehead atoms. The second kappa shape index (κ2) is 17.1. The number of ether oxygens (including phenoxy) is 2. The quantitative estimate of drug-likeness (QED) is 0.147. The first-order valence-electron chi connectivity index (χ1n) is 19.9. The highest BCUT2D eigenvalue weighted by Crippen LogP contribution is 2.39. The van der Waals surface area contributed by atoms with Crippen LogP contribution in [0.4, 0.5) is 24.5 Å². The maximum absolute atomic E-state index is 14.2. The average Bonchev–Trinajstić information content (AvgIpc) is 3.96. The van der Waals surface area contributed by atoms with E-state index in [2.05, 4.69) is 57.4 Å². The van der Waals surface area contributed by atoms with E-state index in [0.29, 0.717) is 68.1 Å². The van der Waals surface area contributed by atoms with Gasteiger partial charge in [0.05, 0.1) is 39.9 Å². The second-order valence-corrected chi connectivity index (χ2v) is 16.6. The minimum absolute atomic E-state index is 0.122. The molecule has 62 heavy (non-hydrogen) atoms. The first-order valence-corrected chi connectivity index (χ1v) is 21.1. The summed E-state index contributed by atoms with van der Waals surface area (Å²) in [5.41, 5.74) is 5.46. The van der Waals surface area contributed by atoms with Crippen molar-refractivity contribution in [3.8, 4) is 17.1 Å². The number of carbonyl (C=O) groups excluding carboxylic acids is 1. The molecule has 3 aromatic carbocycles. The number of benzene rings is 3. The Bertz CT molecular complexity index is 2740. The van der Waals surface area contributed by atoms with Crippen molar-refractivity contribution in [1.82, 2.24) is 34.0 Å². The summed E-state index contributed by atoms with van der Waals surface area (Å²) in [4.78, 5) is 45.4. The van der Waals surface area contributed by atoms with Gasteiger partial charge in [0.25, 0.3) is 20.1 Å². The zero-order chi connectivity index (χ0) is 43.9. The maximum atomic E-state index is 14.2. The summed E-state index contributed by atoms with van der Waals surface area (Å²) in [6.07, 6.45) is -2.10. The SMILES string of the molecule is Cc1ncnc(C(=O)N2CCN(c3c4n(c5nc(-c6ccc7c(c6)COC7(C)C)nn5c3=O)CCC4C)CC2)c1OCc1ccccc1.O=PNc1ccc(C(F)(F)F)cc1Cl. The highest BCUT2D eigenvalue weighted by atomic mass is 35.5. The summed E-state index contributed by atoms with van der Waals surface area (Å²) in [6, 6.07) is 18.7. The largest absolute Gasteiger partial charge is 0.485 e. The number of aryl methyl sites for hydroxylation is 2. The van der Waals surface area contributed by atoms with E-state index in [4.69, 9.17) is 31.2 Å². The smallest absolute Gasteiger partial charge is 0.416 e. The number of aromatic nitrogens is 6. The van der Waals surface area contributed by atoms with Crippen molar-refractivity contribution in [1.29, 1.82) is 0 Å². The molecule has 0 aliphatic carbocycles. The topological polar surface area (TPSA) is 149 Å². The molecule has 1 atom stereocenters. The van der Waals surface area contributed by atoms with Crippen molar-refractivity contribution in [2.24, 2.45) is 0 Å². The van der Waals surface area contributed by atoms with Gasteiger partial charge in [-0.25, -0.2) is 14.5 Å². The first-order chi connectivity index (χ1) is 29.6. The monoisotopic (exact) mass is 887 g/mol. The van der Waals surface area contributed by atoms with Crippen LogP contribution in [-0.2, 0) is 40.8 Å². The molecule has 1 saturated heterocycles. The van der Waals surface area contributed by atoms with E-state index in [9.17, 15) is 27.3 Å². The number of nitrogens with zero attached hydrogens (tertiary/aromatic N) is 8. The number of rotatable bonds is 8. The molecule has 3 aliphatic rings. The molecule has 1 fully saturated rings. The predicted molar refractivity (Wildman–Crippen MR) is 227 cm³/mol. The van der Waals surface area contributed by atoms with Gasteiger partial charge >= 0.3 is 6.18 Å². The standard InChI is InChI=1S/C36H38N8O4.C7H4ClF3NOP/c1-22-12-13-43-29(22)30(34(46)44-35(43)39-32(40-44)25-10-11-27-26(18-25)20-48-36(27,3)4)41-14-16-42(17-15-41)33(45)28-31(23(2)37-21-38-28)47-19-24-8-6-5-7-9-24;8-5-3-4(7(9,10)11)1-2-6(5)12-14-13/h5-11,18,21-22H,12-17,19-20H2,1-4H3;1-3H,(H,12,13). The Hall–Kier alpha value is -5.90. The number of halogens is 4. The molecule has 14 nitrogen and oxygen atoms in total. The number of hydrogen-bond donors (Lipinski definition) is 1. The lowest BCUT2D eigenvalue weighted by Gasteiger charge is -2.36. The third-order valence-corrected chi connectivity index (χ3v) is 12.0. The maximum Gasteiger partial charge on any atom is 0.416 e. The number of fused-ring (bicyclic) bond motifs is 4. The van der Waals surface area contributed by atoms with Crippen molar-refractivity contribution < 1.29 is 32.0 Å². The molecule has 0 saturated carbocycles. The van der Waals surface area contributed by atoms with E-state index in [1.165, 1.54) is 10.8 Å². The van der Waals surface area contributed by atoms with Gasteiger partial charge in [-0.05, 0) is 68.1 Å². The van der Waals surface area contributed by atoms with E-state index < -0.39 is 20.4 Å². The molecular weight excluding hydrogens is 846 g/mol. The average molecular weight is 888 g/mol. The van der Waals surface area contributed by atoms with Gasteiger partial charge in [0.1, 0.15) is 18.6 Å². The Kier molecular flexibility index (Phi) is 11.8. The first kappa shape index (κ1) is 42.8. The molecule has 1 unspecified atom stereocenters. The van der Waals surface area contributed by atoms with Gasteiger partial charge < -0.3 is 28.9 Å². The lowest BCUT2D eigenvalue weighted by Crippen LogP contribution is -2.51. The number of amides is 1. The number of anilines is 2. The Balaban J connectivity index is 0.000000324. The van der Waals surface area contributed by atoms with Crippen LogP contribution in [-0.4, -0.2) is 66.1 Å². The third-order valence-electron chi connectivity index (χ3n) is 11.4. The lowest BCUT2D eigenvalue weighted by atomic mass is 9.94. The number of nitrogens with one attached hydrogen (secondary N) is 1. The Morgan fingerprint density at radius 1 is 1.03 bits per heavy atom. The zero-order valence-corrected chi connectivity index (χ0v) is 35.9. The normalized spacial score (nSPS) is 16.8. The van der Waals surface area contributed by atoms with Crippen LogP contribution in [0.1, 0.15) is 77.2 Å². The number of hydrogen-bond acceptors (Lipinski definition) is 10. The van der Waals surface area contributed by atoms with Crippen LogP contribution in [0.25, 0.3) is 17.2 Å². The minimum Gasteiger partial charge on any atom is -0.485 e. The van der Waals surface area contributed by atoms with Crippen LogP contribution < -0.4 is 20.3 Å². The van der Waals surface area contributed by atoms with Gasteiger partial charge in [-0.15, -0.1) is 5.10 Å². The predicted octanol–water partition coefficient (Wildman–Crippen LogP) is 8.45. The fraction of sp³-hybridized carbons (Fsp3) is 0.349. The molecule has 1 amide bonds. The Morgan fingerprint density at radius 2 is 1.79 bits per heavy atom. The summed E-state index contributed by atoms with van der Waals surface area (Å²) >= 11 is 5.51. The third kappa shape index (κ3) is 8.36. The fourth-order valence-corrected chi connectivity index (χ4v) is 8.65. The molecule has 9 rings (SSSR count). The van der Waals surface area contributed by atoms with Gasteiger partial charge in [0.2, 0.25) is 5.78 Å². The van der Waals surface area contributed by atoms with Crippen LogP contribution in [0.3, 0.4) is 0 Å². The van der Waals surface area contributed by atoms with Gasteiger partial charge in [-0.2, -0.15) is 22.7 Å². The van der Waals surface area contributed by atoms with Crippen molar-refractivity contribution >= 4 is 43.3 Å². The highest BCUT2D eigenvalue weighted by Gasteiger charge is 2.35. The zero-order valence-electron chi connectivity index (χ0n) is 34.2. The lowest BCUT2D eigenvalue weighted by molar-refractivity contribution is -0.137. The molecule has 3 aromatic heterocycles. The molecule has 322 valence electrons. The summed E-state index contributed by atoms with van der Waals surface area (Å²) in [5.74, 6) is 1.45. The van der Waals surface area contributed by atoms with Crippen LogP contribution in [0.5, 0.6) is 5.75 Å². The molecule has 1 N–H and O–H groups in total. The summed E-state index contributed by atoms with van der Waals surface area (Å²) in [6.45, 7) is 11.6. The number of carbonyl (C=O) groups is 1. The van der Waals surface area contributed by atoms with Crippen molar-refractivity contribution in [3.05, 3.63) is 128 Å². The van der Waals surface area contributed by atoms with Crippen molar-refractivity contribution in [2.75, 3.05) is 36.2 Å². The second-order valence-electron chi connectivity index (χ2n) is 15.8. The van der Waals surface area contributed by atoms with E-state index in [1.54, 1.807) is 4.90 Å². The van der Waals surface area contributed by atoms with Gasteiger partial charge in [0.15, 0.2) is 17.3 Å². The minimum atomic E-state index is -4.42. The number of piperazine rings is 1. The summed E-state index contributed by atoms with van der Waals surface area (Å²) in [5, 5.41) is 6.90. The highest BCUT2D eigenvalue weighted by molar-refractivity contribution is 7.25. The molecular formula is C43H42ClF3N9O5P. The van der Waals surface area contributed by atoms with Gasteiger partial charge in [0, 0.05) is 44.2 Å². The van der Waals surface area contributed by atoms with Crippen LogP contribution in [0.15, 0.2) is 77.9 Å². The fourth-order valence-electron chi connectivity index (χ4n) is 8.07. The van der Waals surface area contributed by atoms with E-state index in [0.717, 1.165) is 59.1 Å².